The van der Waals surface area contributed by atoms with Gasteiger partial charge in [0.15, 0.2) is 0 Å². The highest BCUT2D eigenvalue weighted by Gasteiger charge is 2.52. The summed E-state index contributed by atoms with van der Waals surface area (Å²) >= 11 is 0. The topological polar surface area (TPSA) is 44.5 Å². The van der Waals surface area contributed by atoms with E-state index in [4.69, 9.17) is 15.2 Å². The minimum absolute atomic E-state index is 0.0895. The lowest BCUT2D eigenvalue weighted by molar-refractivity contribution is -0.0742. The van der Waals surface area contributed by atoms with E-state index in [1.54, 1.807) is 0 Å². The van der Waals surface area contributed by atoms with Gasteiger partial charge in [0, 0.05) is 5.54 Å². The normalized spacial score (nSPS) is 48.2. The standard InChI is InChI=1S/C16H27NO2/c17-16(10-12-4-5-14(16)18-12)11-13-6-9-15(19-13)7-2-1-3-8-15/h12-14H,1-11,17H2. The van der Waals surface area contributed by atoms with Crippen LogP contribution in [0.4, 0.5) is 0 Å². The van der Waals surface area contributed by atoms with Crippen LogP contribution in [0.2, 0.25) is 0 Å². The molecule has 1 saturated carbocycles. The lowest BCUT2D eigenvalue weighted by Gasteiger charge is -2.36. The van der Waals surface area contributed by atoms with Crippen LogP contribution in [0.25, 0.3) is 0 Å². The summed E-state index contributed by atoms with van der Waals surface area (Å²) in [5.74, 6) is 0. The van der Waals surface area contributed by atoms with Gasteiger partial charge < -0.3 is 15.2 Å². The molecule has 0 aromatic rings. The van der Waals surface area contributed by atoms with Gasteiger partial charge in [0.25, 0.3) is 0 Å². The van der Waals surface area contributed by atoms with Crippen molar-refractivity contribution >= 4 is 0 Å². The predicted octanol–water partition coefficient (Wildman–Crippen LogP) is 2.91. The van der Waals surface area contributed by atoms with Gasteiger partial charge in [-0.1, -0.05) is 19.3 Å². The summed E-state index contributed by atoms with van der Waals surface area (Å²) in [4.78, 5) is 0. The average molecular weight is 265 g/mol. The fourth-order valence-electron chi connectivity index (χ4n) is 5.08. The van der Waals surface area contributed by atoms with Crippen molar-refractivity contribution in [1.82, 2.24) is 0 Å². The summed E-state index contributed by atoms with van der Waals surface area (Å²) in [6, 6.07) is 0. The second kappa shape index (κ2) is 4.44. The molecule has 4 atom stereocenters. The Bertz CT molecular complexity index is 353. The largest absolute Gasteiger partial charge is 0.373 e. The summed E-state index contributed by atoms with van der Waals surface area (Å²) in [5.41, 5.74) is 6.78. The summed E-state index contributed by atoms with van der Waals surface area (Å²) in [6.45, 7) is 0. The summed E-state index contributed by atoms with van der Waals surface area (Å²) in [7, 11) is 0. The SMILES string of the molecule is NC1(CC2CCC3(CCCCC3)O2)CC2CCC1O2. The first-order valence-corrected chi connectivity index (χ1v) is 8.30. The monoisotopic (exact) mass is 265 g/mol. The fourth-order valence-corrected chi connectivity index (χ4v) is 5.08. The molecule has 0 aromatic heterocycles. The van der Waals surface area contributed by atoms with Crippen molar-refractivity contribution in [3.63, 3.8) is 0 Å². The molecule has 1 aliphatic carbocycles. The Hall–Kier alpha value is -0.120. The van der Waals surface area contributed by atoms with Crippen LogP contribution in [0.5, 0.6) is 0 Å². The van der Waals surface area contributed by atoms with Crippen molar-refractivity contribution in [2.45, 2.75) is 100 Å². The van der Waals surface area contributed by atoms with E-state index in [9.17, 15) is 0 Å². The molecule has 1 spiro atoms. The Morgan fingerprint density at radius 1 is 1.00 bits per heavy atom. The highest BCUT2D eigenvalue weighted by atomic mass is 16.5. The molecule has 3 heteroatoms. The average Bonchev–Trinajstić information content (AvgIpc) is 3.06. The predicted molar refractivity (Wildman–Crippen MR) is 74.0 cm³/mol. The van der Waals surface area contributed by atoms with E-state index in [0.717, 1.165) is 12.8 Å². The third-order valence-electron chi connectivity index (χ3n) is 6.07. The fraction of sp³-hybridized carbons (Fsp3) is 1.00. The minimum atomic E-state index is -0.0895. The Morgan fingerprint density at radius 2 is 1.84 bits per heavy atom. The van der Waals surface area contributed by atoms with Crippen LogP contribution in [0.3, 0.4) is 0 Å². The summed E-state index contributed by atoms with van der Waals surface area (Å²) in [6.07, 6.45) is 14.8. The zero-order chi connectivity index (χ0) is 12.9. The summed E-state index contributed by atoms with van der Waals surface area (Å²) < 4.78 is 12.4. The van der Waals surface area contributed by atoms with E-state index in [1.807, 2.05) is 0 Å². The number of nitrogens with two attached hydrogens (primary N) is 1. The zero-order valence-corrected chi connectivity index (χ0v) is 11.9. The van der Waals surface area contributed by atoms with Gasteiger partial charge >= 0.3 is 0 Å². The molecule has 0 aromatic carbocycles. The van der Waals surface area contributed by atoms with Gasteiger partial charge in [-0.2, -0.15) is 0 Å². The number of hydrogen-bond donors (Lipinski definition) is 1. The first-order chi connectivity index (χ1) is 9.18. The molecule has 3 heterocycles. The van der Waals surface area contributed by atoms with E-state index < -0.39 is 0 Å². The van der Waals surface area contributed by atoms with E-state index in [1.165, 1.54) is 57.8 Å². The van der Waals surface area contributed by atoms with Gasteiger partial charge in [-0.25, -0.2) is 0 Å². The van der Waals surface area contributed by atoms with E-state index >= 15 is 0 Å². The lowest BCUT2D eigenvalue weighted by Crippen LogP contribution is -2.51. The zero-order valence-electron chi connectivity index (χ0n) is 11.9. The second-order valence-corrected chi connectivity index (χ2v) is 7.49. The minimum Gasteiger partial charge on any atom is -0.373 e. The highest BCUT2D eigenvalue weighted by Crippen LogP contribution is 2.47. The molecule has 108 valence electrons. The molecule has 0 amide bonds. The van der Waals surface area contributed by atoms with Crippen LogP contribution in [0.15, 0.2) is 0 Å². The van der Waals surface area contributed by atoms with Crippen LogP contribution < -0.4 is 5.73 Å². The van der Waals surface area contributed by atoms with Crippen LogP contribution in [0, 0.1) is 0 Å². The number of fused-ring (bicyclic) bond motifs is 2. The van der Waals surface area contributed by atoms with Gasteiger partial charge in [0.2, 0.25) is 0 Å². The van der Waals surface area contributed by atoms with Gasteiger partial charge in [-0.3, -0.25) is 0 Å². The number of ether oxygens (including phenoxy) is 2. The number of rotatable bonds is 2. The van der Waals surface area contributed by atoms with Gasteiger partial charge in [-0.15, -0.1) is 0 Å². The van der Waals surface area contributed by atoms with Crippen molar-refractivity contribution in [3.05, 3.63) is 0 Å². The van der Waals surface area contributed by atoms with Gasteiger partial charge in [0.1, 0.15) is 0 Å². The Labute approximate surface area is 116 Å². The molecular weight excluding hydrogens is 238 g/mol. The molecule has 4 fully saturated rings. The molecule has 4 rings (SSSR count). The molecule has 2 N–H and O–H groups in total. The quantitative estimate of drug-likeness (QED) is 0.835. The Balaban J connectivity index is 1.39. The highest BCUT2D eigenvalue weighted by molar-refractivity contribution is 5.07. The summed E-state index contributed by atoms with van der Waals surface area (Å²) in [5, 5.41) is 0. The van der Waals surface area contributed by atoms with Crippen LogP contribution in [-0.2, 0) is 9.47 Å². The molecule has 3 aliphatic heterocycles. The Kier molecular flexibility index (Phi) is 2.95. The maximum absolute atomic E-state index is 6.64. The van der Waals surface area contributed by atoms with Crippen molar-refractivity contribution in [2.75, 3.05) is 0 Å². The third kappa shape index (κ3) is 2.14. The molecule has 3 nitrogen and oxygen atoms in total. The maximum Gasteiger partial charge on any atom is 0.0761 e. The maximum atomic E-state index is 6.64. The second-order valence-electron chi connectivity index (χ2n) is 7.49. The van der Waals surface area contributed by atoms with Crippen molar-refractivity contribution in [2.24, 2.45) is 5.73 Å². The van der Waals surface area contributed by atoms with Crippen LogP contribution >= 0.6 is 0 Å². The Morgan fingerprint density at radius 3 is 2.53 bits per heavy atom. The van der Waals surface area contributed by atoms with E-state index in [0.29, 0.717) is 18.3 Å². The molecule has 0 radical (unpaired) electrons. The van der Waals surface area contributed by atoms with Crippen molar-refractivity contribution in [3.8, 4) is 0 Å². The first kappa shape index (κ1) is 12.6. The van der Waals surface area contributed by atoms with E-state index in [2.05, 4.69) is 0 Å². The number of hydrogen-bond acceptors (Lipinski definition) is 3. The molecule has 4 unspecified atom stereocenters. The third-order valence-corrected chi connectivity index (χ3v) is 6.07. The van der Waals surface area contributed by atoms with Crippen LogP contribution in [0.1, 0.15) is 70.6 Å². The molecule has 3 saturated heterocycles. The molecule has 2 bridgehead atoms. The molecule has 19 heavy (non-hydrogen) atoms. The van der Waals surface area contributed by atoms with Crippen molar-refractivity contribution in [1.29, 1.82) is 0 Å². The molecular formula is C16H27NO2. The van der Waals surface area contributed by atoms with Crippen LogP contribution in [-0.4, -0.2) is 29.5 Å². The molecule has 4 aliphatic rings. The van der Waals surface area contributed by atoms with Gasteiger partial charge in [-0.05, 0) is 51.4 Å². The van der Waals surface area contributed by atoms with Gasteiger partial charge in [0.05, 0.1) is 23.9 Å². The first-order valence-electron chi connectivity index (χ1n) is 8.30. The van der Waals surface area contributed by atoms with Crippen molar-refractivity contribution < 1.29 is 9.47 Å². The lowest BCUT2D eigenvalue weighted by atomic mass is 9.78. The van der Waals surface area contributed by atoms with E-state index in [-0.39, 0.29) is 11.1 Å². The smallest absolute Gasteiger partial charge is 0.0761 e.